The van der Waals surface area contributed by atoms with E-state index in [-0.39, 0.29) is 23.9 Å². The number of halogens is 1. The lowest BCUT2D eigenvalue weighted by Gasteiger charge is -2.17. The summed E-state index contributed by atoms with van der Waals surface area (Å²) < 4.78 is 12.9. The molecule has 1 unspecified atom stereocenters. The second-order valence-corrected chi connectivity index (χ2v) is 3.74. The molecule has 1 saturated heterocycles. The maximum atomic E-state index is 12.9. The Morgan fingerprint density at radius 2 is 2.31 bits per heavy atom. The summed E-state index contributed by atoms with van der Waals surface area (Å²) in [6.45, 7) is 0.374. The lowest BCUT2D eigenvalue weighted by molar-refractivity contribution is -0.117. The Bertz CT molecular complexity index is 481. The predicted molar refractivity (Wildman–Crippen MR) is 56.1 cm³/mol. The van der Waals surface area contributed by atoms with Gasteiger partial charge in [-0.05, 0) is 18.2 Å². The monoisotopic (exact) mass is 219 g/mol. The molecule has 1 heterocycles. The van der Waals surface area contributed by atoms with Gasteiger partial charge in [0.2, 0.25) is 5.91 Å². The molecule has 1 aliphatic heterocycles. The number of nitriles is 1. The van der Waals surface area contributed by atoms with Gasteiger partial charge in [-0.2, -0.15) is 5.26 Å². The summed E-state index contributed by atoms with van der Waals surface area (Å²) in [6, 6.07) is 5.44. The zero-order valence-electron chi connectivity index (χ0n) is 8.48. The van der Waals surface area contributed by atoms with Crippen molar-refractivity contribution >= 4 is 11.6 Å². The van der Waals surface area contributed by atoms with E-state index in [1.807, 2.05) is 6.07 Å². The fourth-order valence-electron chi connectivity index (χ4n) is 1.80. The Morgan fingerprint density at radius 3 is 2.88 bits per heavy atom. The Kier molecular flexibility index (Phi) is 2.59. The molecule has 5 heteroatoms. The smallest absolute Gasteiger partial charge is 0.228 e. The Labute approximate surface area is 92.1 Å². The van der Waals surface area contributed by atoms with Gasteiger partial charge in [0.25, 0.3) is 0 Å². The molecule has 1 amide bonds. The Hall–Kier alpha value is -1.93. The molecule has 16 heavy (non-hydrogen) atoms. The highest BCUT2D eigenvalue weighted by Crippen LogP contribution is 2.25. The Balaban J connectivity index is 2.41. The van der Waals surface area contributed by atoms with Crippen LogP contribution in [-0.2, 0) is 4.79 Å². The largest absolute Gasteiger partial charge is 0.326 e. The minimum absolute atomic E-state index is 0.129. The Morgan fingerprint density at radius 1 is 1.56 bits per heavy atom. The number of hydrogen-bond donors (Lipinski definition) is 1. The van der Waals surface area contributed by atoms with E-state index in [0.717, 1.165) is 6.07 Å². The summed E-state index contributed by atoms with van der Waals surface area (Å²) in [5.41, 5.74) is 6.24. The number of carbonyl (C=O) groups is 1. The van der Waals surface area contributed by atoms with Gasteiger partial charge in [-0.15, -0.1) is 0 Å². The lowest BCUT2D eigenvalue weighted by Crippen LogP contribution is -2.28. The van der Waals surface area contributed by atoms with E-state index in [9.17, 15) is 9.18 Å². The molecule has 0 saturated carbocycles. The lowest BCUT2D eigenvalue weighted by atomic mass is 10.1. The second kappa shape index (κ2) is 3.91. The highest BCUT2D eigenvalue weighted by atomic mass is 19.1. The number of nitrogens with two attached hydrogens (primary N) is 1. The number of rotatable bonds is 1. The summed E-state index contributed by atoms with van der Waals surface area (Å²) in [4.78, 5) is 13.0. The van der Waals surface area contributed by atoms with E-state index in [1.165, 1.54) is 17.0 Å². The van der Waals surface area contributed by atoms with Crippen LogP contribution >= 0.6 is 0 Å². The van der Waals surface area contributed by atoms with Crippen LogP contribution in [0.1, 0.15) is 12.0 Å². The summed E-state index contributed by atoms with van der Waals surface area (Å²) in [6.07, 6.45) is 0.266. The predicted octanol–water partition coefficient (Wildman–Crippen LogP) is 0.761. The van der Waals surface area contributed by atoms with Gasteiger partial charge in [0.15, 0.2) is 0 Å². The maximum Gasteiger partial charge on any atom is 0.228 e. The van der Waals surface area contributed by atoms with Crippen molar-refractivity contribution in [3.05, 3.63) is 29.6 Å². The number of benzene rings is 1. The molecular weight excluding hydrogens is 209 g/mol. The highest BCUT2D eigenvalue weighted by Gasteiger charge is 2.29. The molecule has 0 aromatic heterocycles. The van der Waals surface area contributed by atoms with Crippen molar-refractivity contribution in [2.75, 3.05) is 11.4 Å². The number of amides is 1. The average molecular weight is 219 g/mol. The number of nitrogens with zero attached hydrogens (tertiary/aromatic N) is 2. The molecule has 1 aromatic rings. The minimum atomic E-state index is -0.490. The van der Waals surface area contributed by atoms with Gasteiger partial charge in [0, 0.05) is 19.0 Å². The van der Waals surface area contributed by atoms with Gasteiger partial charge >= 0.3 is 0 Å². The van der Waals surface area contributed by atoms with E-state index in [2.05, 4.69) is 0 Å². The fraction of sp³-hybridized carbons (Fsp3) is 0.273. The number of hydrogen-bond acceptors (Lipinski definition) is 3. The molecule has 2 rings (SSSR count). The fourth-order valence-corrected chi connectivity index (χ4v) is 1.80. The van der Waals surface area contributed by atoms with E-state index in [0.29, 0.717) is 12.2 Å². The molecule has 4 nitrogen and oxygen atoms in total. The molecule has 1 fully saturated rings. The third-order valence-electron chi connectivity index (χ3n) is 2.52. The van der Waals surface area contributed by atoms with Crippen molar-refractivity contribution in [2.45, 2.75) is 12.5 Å². The van der Waals surface area contributed by atoms with Gasteiger partial charge in [0.1, 0.15) is 11.9 Å². The third-order valence-corrected chi connectivity index (χ3v) is 2.52. The summed E-state index contributed by atoms with van der Waals surface area (Å²) in [5, 5.41) is 8.87. The molecule has 2 N–H and O–H groups in total. The normalized spacial score (nSPS) is 19.9. The van der Waals surface area contributed by atoms with E-state index < -0.39 is 5.82 Å². The first-order valence-electron chi connectivity index (χ1n) is 4.87. The molecule has 1 atom stereocenters. The van der Waals surface area contributed by atoms with E-state index in [1.54, 1.807) is 0 Å². The summed E-state index contributed by atoms with van der Waals surface area (Å²) in [7, 11) is 0. The van der Waals surface area contributed by atoms with Gasteiger partial charge in [-0.3, -0.25) is 4.79 Å². The van der Waals surface area contributed by atoms with Crippen molar-refractivity contribution in [1.29, 1.82) is 5.26 Å². The van der Waals surface area contributed by atoms with Crippen molar-refractivity contribution in [2.24, 2.45) is 5.73 Å². The van der Waals surface area contributed by atoms with Crippen LogP contribution in [0.2, 0.25) is 0 Å². The van der Waals surface area contributed by atoms with Crippen LogP contribution < -0.4 is 10.6 Å². The van der Waals surface area contributed by atoms with Crippen molar-refractivity contribution in [1.82, 2.24) is 0 Å². The SMILES string of the molecule is N#Cc1cc(F)ccc1N1CC(N)CC1=O. The van der Waals surface area contributed by atoms with Crippen LogP contribution in [0.5, 0.6) is 0 Å². The molecule has 0 bridgehead atoms. The van der Waals surface area contributed by atoms with Crippen LogP contribution in [0.4, 0.5) is 10.1 Å². The van der Waals surface area contributed by atoms with Gasteiger partial charge in [-0.25, -0.2) is 4.39 Å². The summed E-state index contributed by atoms with van der Waals surface area (Å²) in [5.74, 6) is -0.619. The van der Waals surface area contributed by atoms with Crippen LogP contribution in [0, 0.1) is 17.1 Å². The quantitative estimate of drug-likeness (QED) is 0.758. The van der Waals surface area contributed by atoms with Crippen LogP contribution in [0.25, 0.3) is 0 Å². The third kappa shape index (κ3) is 1.75. The zero-order chi connectivity index (χ0) is 11.7. The standard InChI is InChI=1S/C11H10FN3O/c12-8-1-2-10(7(3-8)5-13)15-6-9(14)4-11(15)16/h1-3,9H,4,6,14H2. The minimum Gasteiger partial charge on any atom is -0.326 e. The van der Waals surface area contributed by atoms with E-state index in [4.69, 9.17) is 11.0 Å². The second-order valence-electron chi connectivity index (χ2n) is 3.74. The van der Waals surface area contributed by atoms with E-state index >= 15 is 0 Å². The van der Waals surface area contributed by atoms with Crippen molar-refractivity contribution < 1.29 is 9.18 Å². The van der Waals surface area contributed by atoms with Crippen LogP contribution in [0.3, 0.4) is 0 Å². The zero-order valence-corrected chi connectivity index (χ0v) is 8.48. The van der Waals surface area contributed by atoms with Crippen LogP contribution in [-0.4, -0.2) is 18.5 Å². The summed E-state index contributed by atoms with van der Waals surface area (Å²) >= 11 is 0. The number of anilines is 1. The number of carbonyl (C=O) groups excluding carboxylic acids is 1. The van der Waals surface area contributed by atoms with Gasteiger partial charge < -0.3 is 10.6 Å². The first-order chi connectivity index (χ1) is 7.61. The molecule has 1 aliphatic rings. The van der Waals surface area contributed by atoms with Crippen LogP contribution in [0.15, 0.2) is 18.2 Å². The average Bonchev–Trinajstić information content (AvgIpc) is 2.57. The molecular formula is C11H10FN3O. The molecule has 0 spiro atoms. The van der Waals surface area contributed by atoms with Gasteiger partial charge in [0.05, 0.1) is 11.3 Å². The van der Waals surface area contributed by atoms with Crippen molar-refractivity contribution in [3.8, 4) is 6.07 Å². The molecule has 1 aromatic carbocycles. The van der Waals surface area contributed by atoms with Crippen molar-refractivity contribution in [3.63, 3.8) is 0 Å². The van der Waals surface area contributed by atoms with Gasteiger partial charge in [-0.1, -0.05) is 0 Å². The first kappa shape index (κ1) is 10.6. The first-order valence-corrected chi connectivity index (χ1v) is 4.87. The molecule has 0 radical (unpaired) electrons. The maximum absolute atomic E-state index is 12.9. The molecule has 0 aliphatic carbocycles. The topological polar surface area (TPSA) is 70.1 Å². The molecule has 82 valence electrons. The highest BCUT2D eigenvalue weighted by molar-refractivity contribution is 5.97.